The first kappa shape index (κ1) is 16.1. The van der Waals surface area contributed by atoms with Gasteiger partial charge >= 0.3 is 0 Å². The molecule has 4 heteroatoms. The number of ether oxygens (including phenoxy) is 1. The van der Waals surface area contributed by atoms with Crippen LogP contribution in [0.25, 0.3) is 11.3 Å². The summed E-state index contributed by atoms with van der Waals surface area (Å²) in [6.07, 6.45) is 0.938. The van der Waals surface area contributed by atoms with Crippen molar-refractivity contribution in [1.29, 1.82) is 0 Å². The first-order valence-electron chi connectivity index (χ1n) is 7.75. The number of nitrogens with zero attached hydrogens (tertiary/aromatic N) is 1. The van der Waals surface area contributed by atoms with Gasteiger partial charge in [0.2, 0.25) is 0 Å². The van der Waals surface area contributed by atoms with E-state index >= 15 is 0 Å². The molecular weight excluding hydrogens is 276 g/mol. The molecule has 1 heterocycles. The minimum Gasteiger partial charge on any atom is -0.494 e. The van der Waals surface area contributed by atoms with Gasteiger partial charge < -0.3 is 15.0 Å². The molecule has 118 valence electrons. The largest absolute Gasteiger partial charge is 0.494 e. The molecule has 2 rings (SSSR count). The molecule has 2 aromatic rings. The molecule has 0 aliphatic rings. The predicted molar refractivity (Wildman–Crippen MR) is 91.2 cm³/mol. The summed E-state index contributed by atoms with van der Waals surface area (Å²) < 4.78 is 7.23. The van der Waals surface area contributed by atoms with Gasteiger partial charge in [0.1, 0.15) is 5.75 Å². The van der Waals surface area contributed by atoms with Crippen molar-refractivity contribution >= 4 is 5.69 Å². The summed E-state index contributed by atoms with van der Waals surface area (Å²) in [5.74, 6) is 1.36. The van der Waals surface area contributed by atoms with Crippen LogP contribution in [0.15, 0.2) is 41.2 Å². The molecule has 0 amide bonds. The number of pyridine rings is 1. The van der Waals surface area contributed by atoms with Gasteiger partial charge in [0.15, 0.2) is 0 Å². The molecule has 0 aliphatic heterocycles. The van der Waals surface area contributed by atoms with E-state index in [0.29, 0.717) is 24.8 Å². The third kappa shape index (κ3) is 3.70. The number of rotatable bonds is 6. The highest BCUT2D eigenvalue weighted by atomic mass is 16.5. The van der Waals surface area contributed by atoms with E-state index < -0.39 is 0 Å². The fourth-order valence-corrected chi connectivity index (χ4v) is 2.35. The maximum absolute atomic E-state index is 12.4. The molecule has 0 radical (unpaired) electrons. The second-order valence-electron chi connectivity index (χ2n) is 5.77. The third-order valence-electron chi connectivity index (χ3n) is 3.59. The summed E-state index contributed by atoms with van der Waals surface area (Å²) in [6, 6.07) is 11.4. The zero-order valence-electron chi connectivity index (χ0n) is 13.5. The molecular formula is C18H24N2O2. The van der Waals surface area contributed by atoms with Gasteiger partial charge in [-0.05, 0) is 61.2 Å². The van der Waals surface area contributed by atoms with Crippen LogP contribution in [-0.4, -0.2) is 11.2 Å². The summed E-state index contributed by atoms with van der Waals surface area (Å²) in [4.78, 5) is 12.4. The Kier molecular flexibility index (Phi) is 5.26. The smallest absolute Gasteiger partial charge is 0.274 e. The summed E-state index contributed by atoms with van der Waals surface area (Å²) in [5, 5.41) is 0. The third-order valence-corrected chi connectivity index (χ3v) is 3.59. The van der Waals surface area contributed by atoms with Gasteiger partial charge in [-0.25, -0.2) is 0 Å². The minimum atomic E-state index is -0.118. The molecule has 0 bridgehead atoms. The van der Waals surface area contributed by atoms with Gasteiger partial charge in [-0.2, -0.15) is 0 Å². The van der Waals surface area contributed by atoms with Gasteiger partial charge in [0.25, 0.3) is 5.56 Å². The Morgan fingerprint density at radius 2 is 1.82 bits per heavy atom. The number of aromatic nitrogens is 1. The van der Waals surface area contributed by atoms with E-state index in [0.717, 1.165) is 23.4 Å². The average molecular weight is 300 g/mol. The molecule has 0 saturated heterocycles. The van der Waals surface area contributed by atoms with E-state index in [9.17, 15) is 4.79 Å². The normalized spacial score (nSPS) is 10.9. The molecule has 1 aromatic carbocycles. The first-order valence-corrected chi connectivity index (χ1v) is 7.75. The van der Waals surface area contributed by atoms with Crippen LogP contribution >= 0.6 is 0 Å². The zero-order valence-corrected chi connectivity index (χ0v) is 13.5. The molecule has 0 aliphatic carbocycles. The van der Waals surface area contributed by atoms with Crippen molar-refractivity contribution in [2.45, 2.75) is 33.7 Å². The first-order chi connectivity index (χ1) is 10.5. The molecule has 0 spiro atoms. The van der Waals surface area contributed by atoms with Crippen LogP contribution in [0.3, 0.4) is 0 Å². The Balaban J connectivity index is 2.40. The number of anilines is 1. The lowest BCUT2D eigenvalue weighted by Gasteiger charge is -2.15. The summed E-state index contributed by atoms with van der Waals surface area (Å²) in [5.41, 5.74) is 7.84. The topological polar surface area (TPSA) is 57.2 Å². The van der Waals surface area contributed by atoms with E-state index in [-0.39, 0.29) is 5.56 Å². The predicted octanol–water partition coefficient (Wildman–Crippen LogP) is 3.54. The average Bonchev–Trinajstić information content (AvgIpc) is 2.50. The van der Waals surface area contributed by atoms with E-state index in [2.05, 4.69) is 13.8 Å². The van der Waals surface area contributed by atoms with Crippen molar-refractivity contribution in [3.05, 3.63) is 46.8 Å². The van der Waals surface area contributed by atoms with Crippen LogP contribution in [-0.2, 0) is 6.54 Å². The molecule has 1 aromatic heterocycles. The van der Waals surface area contributed by atoms with E-state index in [1.807, 2.05) is 37.3 Å². The molecule has 0 unspecified atom stereocenters. The van der Waals surface area contributed by atoms with Crippen LogP contribution < -0.4 is 16.0 Å². The lowest BCUT2D eigenvalue weighted by molar-refractivity contribution is 0.340. The van der Waals surface area contributed by atoms with Gasteiger partial charge in [-0.3, -0.25) is 4.79 Å². The summed E-state index contributed by atoms with van der Waals surface area (Å²) in [7, 11) is 0. The van der Waals surface area contributed by atoms with Crippen molar-refractivity contribution in [2.24, 2.45) is 5.92 Å². The lowest BCUT2D eigenvalue weighted by Crippen LogP contribution is -2.24. The quantitative estimate of drug-likeness (QED) is 0.887. The second kappa shape index (κ2) is 7.16. The Morgan fingerprint density at radius 1 is 1.14 bits per heavy atom. The molecule has 4 nitrogen and oxygen atoms in total. The highest BCUT2D eigenvalue weighted by Gasteiger charge is 2.10. The Labute approximate surface area is 131 Å². The zero-order chi connectivity index (χ0) is 16.1. The van der Waals surface area contributed by atoms with Crippen LogP contribution in [0, 0.1) is 5.92 Å². The Bertz CT molecular complexity index is 672. The molecule has 2 N–H and O–H groups in total. The van der Waals surface area contributed by atoms with Crippen molar-refractivity contribution in [3.63, 3.8) is 0 Å². The van der Waals surface area contributed by atoms with E-state index in [1.165, 1.54) is 0 Å². The molecule has 0 fully saturated rings. The summed E-state index contributed by atoms with van der Waals surface area (Å²) >= 11 is 0. The van der Waals surface area contributed by atoms with Gasteiger partial charge in [0.05, 0.1) is 18.0 Å². The standard InChI is InChI=1S/C18H24N2O2/c1-4-22-15-7-5-14(6-8-15)17-10-9-16(19)18(21)20(17)12-11-13(2)3/h5-10,13H,4,11-12,19H2,1-3H3. The Morgan fingerprint density at radius 3 is 2.41 bits per heavy atom. The van der Waals surface area contributed by atoms with Gasteiger partial charge in [-0.1, -0.05) is 13.8 Å². The fourth-order valence-electron chi connectivity index (χ4n) is 2.35. The fraction of sp³-hybridized carbons (Fsp3) is 0.389. The van der Waals surface area contributed by atoms with Crippen LogP contribution in [0.5, 0.6) is 5.75 Å². The van der Waals surface area contributed by atoms with Crippen LogP contribution in [0.4, 0.5) is 5.69 Å². The number of hydrogen-bond acceptors (Lipinski definition) is 3. The Hall–Kier alpha value is -2.23. The van der Waals surface area contributed by atoms with Crippen molar-refractivity contribution in [3.8, 4) is 17.0 Å². The maximum Gasteiger partial charge on any atom is 0.274 e. The van der Waals surface area contributed by atoms with E-state index in [1.54, 1.807) is 10.6 Å². The maximum atomic E-state index is 12.4. The number of benzene rings is 1. The van der Waals surface area contributed by atoms with Crippen molar-refractivity contribution in [2.75, 3.05) is 12.3 Å². The van der Waals surface area contributed by atoms with Crippen LogP contribution in [0.1, 0.15) is 27.2 Å². The van der Waals surface area contributed by atoms with Gasteiger partial charge in [0, 0.05) is 6.54 Å². The van der Waals surface area contributed by atoms with Crippen molar-refractivity contribution < 1.29 is 4.74 Å². The monoisotopic (exact) mass is 300 g/mol. The summed E-state index contributed by atoms with van der Waals surface area (Å²) in [6.45, 7) is 7.56. The van der Waals surface area contributed by atoms with E-state index in [4.69, 9.17) is 10.5 Å². The molecule has 0 atom stereocenters. The minimum absolute atomic E-state index is 0.118. The molecule has 22 heavy (non-hydrogen) atoms. The van der Waals surface area contributed by atoms with Crippen molar-refractivity contribution in [1.82, 2.24) is 4.57 Å². The highest BCUT2D eigenvalue weighted by molar-refractivity contribution is 5.62. The second-order valence-corrected chi connectivity index (χ2v) is 5.77. The highest BCUT2D eigenvalue weighted by Crippen LogP contribution is 2.23. The van der Waals surface area contributed by atoms with Gasteiger partial charge in [-0.15, -0.1) is 0 Å². The molecule has 0 saturated carbocycles. The lowest BCUT2D eigenvalue weighted by atomic mass is 10.1. The number of nitrogens with two attached hydrogens (primary N) is 1. The van der Waals surface area contributed by atoms with Crippen LogP contribution in [0.2, 0.25) is 0 Å². The number of nitrogen functional groups attached to an aromatic ring is 1. The SMILES string of the molecule is CCOc1ccc(-c2ccc(N)c(=O)n2CCC(C)C)cc1. The number of hydrogen-bond donors (Lipinski definition) is 1.